The molecular weight excluding hydrogens is 498 g/mol. The molecule has 0 amide bonds. The Morgan fingerprint density at radius 1 is 0.429 bits per heavy atom. The van der Waals surface area contributed by atoms with Gasteiger partial charge in [0, 0.05) is 0 Å². The average Bonchev–Trinajstić information content (AvgIpc) is 0. The average molecular weight is 502 g/mol. The summed E-state index contributed by atoms with van der Waals surface area (Å²) < 4.78 is 0. The van der Waals surface area contributed by atoms with Gasteiger partial charge in [-0.25, -0.2) is 0 Å². The van der Waals surface area contributed by atoms with E-state index in [1.54, 1.807) is 0 Å². The fourth-order valence-corrected chi connectivity index (χ4v) is 0. The predicted molar refractivity (Wildman–Crippen MR) is 20.8 cm³/mol. The van der Waals surface area contributed by atoms with Gasteiger partial charge in [-0.3, -0.25) is 0 Å². The van der Waals surface area contributed by atoms with Gasteiger partial charge in [0.1, 0.15) is 0 Å². The van der Waals surface area contributed by atoms with Crippen molar-refractivity contribution in [1.82, 2.24) is 0 Å². The molecule has 0 rings (SSSR count). The van der Waals surface area contributed by atoms with Crippen LogP contribution >= 0.6 is 0 Å². The van der Waals surface area contributed by atoms with Crippen LogP contribution in [0, 0.1) is 0 Å². The van der Waals surface area contributed by atoms with Crippen LogP contribution in [-0.4, -0.2) is 63.4 Å². The molecule has 0 saturated heterocycles. The molecule has 4 N–H and O–H groups in total. The first-order valence-electron chi connectivity index (χ1n) is 0. The molecule has 0 aromatic carbocycles. The standard InChI is InChI=1S/2Bi.2H2O.3O/h;;2*1H2;;;/q2*+3;;;3*-2. The molecule has 0 aromatic heterocycles. The molecule has 0 heterocycles. The fraction of sp³-hybridized carbons (Fsp3) is 0. The third-order valence-corrected chi connectivity index (χ3v) is 0. The van der Waals surface area contributed by atoms with E-state index < -0.39 is 0 Å². The molecule has 5 nitrogen and oxygen atoms in total. The van der Waals surface area contributed by atoms with Crippen LogP contribution in [-0.2, 0) is 16.4 Å². The van der Waals surface area contributed by atoms with Crippen molar-refractivity contribution in [3.63, 3.8) is 0 Å². The summed E-state index contributed by atoms with van der Waals surface area (Å²) in [5, 5.41) is 0. The summed E-state index contributed by atoms with van der Waals surface area (Å²) >= 11 is 0. The zero-order valence-electron chi connectivity index (χ0n) is 3.12. The second-order valence-electron chi connectivity index (χ2n) is 0. The molecule has 0 unspecified atom stereocenters. The molecule has 0 bridgehead atoms. The van der Waals surface area contributed by atoms with Gasteiger partial charge < -0.3 is 27.4 Å². The quantitative estimate of drug-likeness (QED) is 0.316. The van der Waals surface area contributed by atoms with Crippen molar-refractivity contribution in [1.29, 1.82) is 0 Å². The van der Waals surface area contributed by atoms with E-state index in [4.69, 9.17) is 0 Å². The maximum Gasteiger partial charge on any atom is 3.00 e. The minimum Gasteiger partial charge on any atom is -2.00 e. The Morgan fingerprint density at radius 2 is 0.429 bits per heavy atom. The van der Waals surface area contributed by atoms with E-state index in [9.17, 15) is 0 Å². The van der Waals surface area contributed by atoms with Gasteiger partial charge >= 0.3 is 52.4 Å². The van der Waals surface area contributed by atoms with Gasteiger partial charge in [-0.2, -0.15) is 0 Å². The van der Waals surface area contributed by atoms with Gasteiger partial charge in [0.05, 0.1) is 0 Å². The topological polar surface area (TPSA) is 148 Å². The monoisotopic (exact) mass is 502 g/mol. The van der Waals surface area contributed by atoms with Crippen molar-refractivity contribution in [3.05, 3.63) is 0 Å². The third kappa shape index (κ3) is 95.6. The Morgan fingerprint density at radius 3 is 0.429 bits per heavy atom. The van der Waals surface area contributed by atoms with Gasteiger partial charge in [-0.05, 0) is 0 Å². The molecule has 0 aliphatic rings. The largest absolute Gasteiger partial charge is 3.00 e. The Labute approximate surface area is 79.3 Å². The van der Waals surface area contributed by atoms with Gasteiger partial charge in [-0.1, -0.05) is 0 Å². The SMILES string of the molecule is O.O.[Bi+3].[Bi+3].[O-2].[O-2].[O-2]. The molecule has 0 aliphatic heterocycles. The molecule has 0 saturated carbocycles. The van der Waals surface area contributed by atoms with E-state index in [1.807, 2.05) is 0 Å². The van der Waals surface area contributed by atoms with Crippen LogP contribution < -0.4 is 0 Å². The summed E-state index contributed by atoms with van der Waals surface area (Å²) in [6, 6.07) is 0. The van der Waals surface area contributed by atoms with Crippen LogP contribution in [0.1, 0.15) is 0 Å². The first-order chi connectivity index (χ1) is 0. The molecule has 4 radical (unpaired) electrons. The van der Waals surface area contributed by atoms with E-state index in [0.29, 0.717) is 0 Å². The van der Waals surface area contributed by atoms with Crippen molar-refractivity contribution >= 4 is 52.4 Å². The molecule has 7 heteroatoms. The minimum absolute atomic E-state index is 0. The van der Waals surface area contributed by atoms with Gasteiger partial charge in [0.25, 0.3) is 0 Å². The molecule has 0 atom stereocenters. The fourth-order valence-electron chi connectivity index (χ4n) is 0. The molecule has 0 aromatic rings. The Kier molecular flexibility index (Phi) is 3800. The van der Waals surface area contributed by atoms with E-state index in [0.717, 1.165) is 0 Å². The maximum atomic E-state index is 0. The summed E-state index contributed by atoms with van der Waals surface area (Å²) in [4.78, 5) is 0. The van der Waals surface area contributed by atoms with Crippen molar-refractivity contribution < 1.29 is 27.4 Å². The summed E-state index contributed by atoms with van der Waals surface area (Å²) in [5.41, 5.74) is 0. The second kappa shape index (κ2) is 133. The predicted octanol–water partition coefficient (Wildman–Crippen LogP) is -2.77. The normalized spacial score (nSPS) is 0. The zero-order chi connectivity index (χ0) is 0. The molecule has 0 aliphatic carbocycles. The van der Waals surface area contributed by atoms with Crippen LogP contribution in [0.5, 0.6) is 0 Å². The van der Waals surface area contributed by atoms with Gasteiger partial charge in [0.15, 0.2) is 0 Å². The molecule has 7 heavy (non-hydrogen) atoms. The summed E-state index contributed by atoms with van der Waals surface area (Å²) in [7, 11) is 0. The minimum atomic E-state index is 0. The Balaban J connectivity index is 0. The van der Waals surface area contributed by atoms with Crippen molar-refractivity contribution in [2.45, 2.75) is 0 Å². The van der Waals surface area contributed by atoms with Gasteiger partial charge in [0.2, 0.25) is 0 Å². The number of hydrogen-bond donors (Lipinski definition) is 0. The van der Waals surface area contributed by atoms with E-state index in [-0.39, 0.29) is 79.8 Å². The summed E-state index contributed by atoms with van der Waals surface area (Å²) in [5.74, 6) is 0. The van der Waals surface area contributed by atoms with Crippen LogP contribution in [0.4, 0.5) is 0 Å². The van der Waals surface area contributed by atoms with Crippen molar-refractivity contribution in [2.24, 2.45) is 0 Å². The smallest absolute Gasteiger partial charge is 2.00 e. The van der Waals surface area contributed by atoms with E-state index >= 15 is 0 Å². The van der Waals surface area contributed by atoms with Crippen molar-refractivity contribution in [2.75, 3.05) is 0 Å². The first kappa shape index (κ1) is 200. The molecule has 0 spiro atoms. The number of rotatable bonds is 0. The van der Waals surface area contributed by atoms with Crippen LogP contribution in [0.2, 0.25) is 0 Å². The van der Waals surface area contributed by atoms with E-state index in [2.05, 4.69) is 0 Å². The van der Waals surface area contributed by atoms with Crippen LogP contribution in [0.25, 0.3) is 0 Å². The second-order valence-corrected chi connectivity index (χ2v) is 0. The van der Waals surface area contributed by atoms with E-state index in [1.165, 1.54) is 0 Å². The Bertz CT molecular complexity index is 6.04. The van der Waals surface area contributed by atoms with Crippen molar-refractivity contribution in [3.8, 4) is 0 Å². The summed E-state index contributed by atoms with van der Waals surface area (Å²) in [6.07, 6.45) is 0. The Hall–Kier alpha value is 1.57. The molecular formula is H4Bi2O5. The van der Waals surface area contributed by atoms with Crippen LogP contribution in [0.15, 0.2) is 0 Å². The van der Waals surface area contributed by atoms with Gasteiger partial charge in [-0.15, -0.1) is 0 Å². The zero-order valence-corrected chi connectivity index (χ0v) is 10.1. The molecule has 44 valence electrons. The first-order valence-corrected chi connectivity index (χ1v) is 0. The maximum absolute atomic E-state index is 0. The van der Waals surface area contributed by atoms with Crippen LogP contribution in [0.3, 0.4) is 0 Å². The number of hydrogen-bond acceptors (Lipinski definition) is 0. The third-order valence-electron chi connectivity index (χ3n) is 0. The molecule has 0 fully saturated rings. The summed E-state index contributed by atoms with van der Waals surface area (Å²) in [6.45, 7) is 0.